The zero-order valence-electron chi connectivity index (χ0n) is 19.4. The van der Waals surface area contributed by atoms with Gasteiger partial charge in [0, 0.05) is 18.4 Å². The molecule has 0 aromatic heterocycles. The third-order valence-corrected chi connectivity index (χ3v) is 7.41. The first kappa shape index (κ1) is 24.1. The van der Waals surface area contributed by atoms with Gasteiger partial charge in [0.25, 0.3) is 5.91 Å². The second-order valence-electron chi connectivity index (χ2n) is 8.33. The zero-order chi connectivity index (χ0) is 25.1. The van der Waals surface area contributed by atoms with E-state index in [2.05, 4.69) is 10.3 Å². The molecule has 0 saturated heterocycles. The summed E-state index contributed by atoms with van der Waals surface area (Å²) in [6, 6.07) is 24.6. The quantitative estimate of drug-likeness (QED) is 0.464. The highest BCUT2D eigenvalue weighted by molar-refractivity contribution is 8.15. The molecule has 2 aliphatic rings. The first-order chi connectivity index (χ1) is 17.5. The SMILES string of the molecule is COc1cccc(C2=NN(C3=NC(=O)[C@H](CC(=O)Nc4ccccc4Cl)S3)[C@@H](c3ccccc3)C2)c1. The van der Waals surface area contributed by atoms with E-state index in [1.807, 2.05) is 54.6 Å². The molecule has 0 fully saturated rings. The Kier molecular flexibility index (Phi) is 7.06. The number of carbonyl (C=O) groups is 2. The summed E-state index contributed by atoms with van der Waals surface area (Å²) in [5, 5.41) is 9.75. The van der Waals surface area contributed by atoms with Crippen LogP contribution >= 0.6 is 23.4 Å². The Morgan fingerprint density at radius 1 is 1.11 bits per heavy atom. The van der Waals surface area contributed by atoms with Crippen molar-refractivity contribution in [3.63, 3.8) is 0 Å². The number of amidine groups is 1. The van der Waals surface area contributed by atoms with Crippen molar-refractivity contribution in [1.82, 2.24) is 5.01 Å². The lowest BCUT2D eigenvalue weighted by Gasteiger charge is -2.23. The van der Waals surface area contributed by atoms with Gasteiger partial charge in [-0.2, -0.15) is 10.1 Å². The molecule has 36 heavy (non-hydrogen) atoms. The Balaban J connectivity index is 1.36. The predicted octanol–water partition coefficient (Wildman–Crippen LogP) is 5.53. The first-order valence-electron chi connectivity index (χ1n) is 11.4. The summed E-state index contributed by atoms with van der Waals surface area (Å²) >= 11 is 7.40. The van der Waals surface area contributed by atoms with E-state index in [1.54, 1.807) is 36.4 Å². The average Bonchev–Trinajstić information content (AvgIpc) is 3.50. The van der Waals surface area contributed by atoms with Gasteiger partial charge in [-0.15, -0.1) is 0 Å². The van der Waals surface area contributed by atoms with Crippen molar-refractivity contribution in [3.05, 3.63) is 95.0 Å². The van der Waals surface area contributed by atoms with Crippen LogP contribution in [-0.2, 0) is 9.59 Å². The van der Waals surface area contributed by atoms with Gasteiger partial charge >= 0.3 is 0 Å². The van der Waals surface area contributed by atoms with Crippen LogP contribution in [0.5, 0.6) is 5.75 Å². The largest absolute Gasteiger partial charge is 0.497 e. The average molecular weight is 519 g/mol. The fourth-order valence-corrected chi connectivity index (χ4v) is 5.38. The number of aliphatic imine (C=N–C) groups is 1. The lowest BCUT2D eigenvalue weighted by Crippen LogP contribution is -2.25. The van der Waals surface area contributed by atoms with Gasteiger partial charge in [0.05, 0.1) is 29.6 Å². The van der Waals surface area contributed by atoms with Crippen molar-refractivity contribution in [2.45, 2.75) is 24.1 Å². The lowest BCUT2D eigenvalue weighted by atomic mass is 9.98. The van der Waals surface area contributed by atoms with E-state index >= 15 is 0 Å². The highest BCUT2D eigenvalue weighted by Gasteiger charge is 2.39. The Hall–Kier alpha value is -3.62. The molecule has 5 rings (SSSR count). The minimum absolute atomic E-state index is 0.0159. The molecule has 2 atom stereocenters. The summed E-state index contributed by atoms with van der Waals surface area (Å²) in [7, 11) is 1.63. The van der Waals surface area contributed by atoms with Crippen molar-refractivity contribution < 1.29 is 14.3 Å². The van der Waals surface area contributed by atoms with Gasteiger partial charge < -0.3 is 10.1 Å². The van der Waals surface area contributed by atoms with E-state index in [-0.39, 0.29) is 24.3 Å². The van der Waals surface area contributed by atoms with Crippen LogP contribution in [-0.4, -0.2) is 40.1 Å². The fraction of sp³-hybridized carbons (Fsp3) is 0.185. The van der Waals surface area contributed by atoms with Crippen LogP contribution in [0.15, 0.2) is 89.0 Å². The molecular formula is C27H23ClN4O3S. The highest BCUT2D eigenvalue weighted by atomic mass is 35.5. The number of thioether (sulfide) groups is 1. The number of amides is 2. The number of rotatable bonds is 6. The number of carbonyl (C=O) groups excluding carboxylic acids is 2. The molecule has 0 radical (unpaired) electrons. The van der Waals surface area contributed by atoms with Gasteiger partial charge in [-0.05, 0) is 29.8 Å². The topological polar surface area (TPSA) is 83.4 Å². The van der Waals surface area contributed by atoms with Gasteiger partial charge in [-0.3, -0.25) is 9.59 Å². The summed E-state index contributed by atoms with van der Waals surface area (Å²) in [4.78, 5) is 29.7. The third-order valence-electron chi connectivity index (χ3n) is 5.94. The molecule has 7 nitrogen and oxygen atoms in total. The molecule has 0 unspecified atom stereocenters. The number of hydrazone groups is 1. The maximum atomic E-state index is 12.8. The molecule has 0 saturated carbocycles. The Morgan fingerprint density at radius 2 is 1.89 bits per heavy atom. The summed E-state index contributed by atoms with van der Waals surface area (Å²) in [6.07, 6.45) is 0.626. The fourth-order valence-electron chi connectivity index (χ4n) is 4.14. The first-order valence-corrected chi connectivity index (χ1v) is 12.7. The van der Waals surface area contributed by atoms with Crippen LogP contribution in [0.25, 0.3) is 0 Å². The van der Waals surface area contributed by atoms with Crippen LogP contribution in [0.4, 0.5) is 5.69 Å². The minimum atomic E-state index is -0.630. The smallest absolute Gasteiger partial charge is 0.262 e. The van der Waals surface area contributed by atoms with Gasteiger partial charge in [-0.25, -0.2) is 5.01 Å². The normalized spacial score (nSPS) is 19.2. The second-order valence-corrected chi connectivity index (χ2v) is 9.90. The minimum Gasteiger partial charge on any atom is -0.497 e. The van der Waals surface area contributed by atoms with E-state index in [0.717, 1.165) is 22.6 Å². The van der Waals surface area contributed by atoms with Crippen molar-refractivity contribution >= 4 is 51.7 Å². The number of anilines is 1. The van der Waals surface area contributed by atoms with Crippen molar-refractivity contribution in [1.29, 1.82) is 0 Å². The van der Waals surface area contributed by atoms with E-state index in [1.165, 1.54) is 11.8 Å². The van der Waals surface area contributed by atoms with Crippen LogP contribution < -0.4 is 10.1 Å². The molecule has 182 valence electrons. The summed E-state index contributed by atoms with van der Waals surface area (Å²) < 4.78 is 5.38. The molecule has 2 heterocycles. The monoisotopic (exact) mass is 518 g/mol. The number of benzene rings is 3. The summed E-state index contributed by atoms with van der Waals surface area (Å²) in [5.41, 5.74) is 3.40. The van der Waals surface area contributed by atoms with Gasteiger partial charge in [-0.1, -0.05) is 78.0 Å². The maximum absolute atomic E-state index is 12.8. The zero-order valence-corrected chi connectivity index (χ0v) is 21.0. The summed E-state index contributed by atoms with van der Waals surface area (Å²) in [6.45, 7) is 0. The maximum Gasteiger partial charge on any atom is 0.262 e. The van der Waals surface area contributed by atoms with Gasteiger partial charge in [0.1, 0.15) is 11.0 Å². The van der Waals surface area contributed by atoms with Crippen LogP contribution in [0.3, 0.4) is 0 Å². The number of hydrogen-bond acceptors (Lipinski definition) is 6. The van der Waals surface area contributed by atoms with E-state index in [4.69, 9.17) is 21.4 Å². The Morgan fingerprint density at radius 3 is 2.67 bits per heavy atom. The predicted molar refractivity (Wildman–Crippen MR) is 144 cm³/mol. The molecule has 0 bridgehead atoms. The van der Waals surface area contributed by atoms with Crippen molar-refractivity contribution in [3.8, 4) is 5.75 Å². The van der Waals surface area contributed by atoms with Crippen molar-refractivity contribution in [2.24, 2.45) is 10.1 Å². The van der Waals surface area contributed by atoms with E-state index < -0.39 is 5.25 Å². The molecule has 0 spiro atoms. The highest BCUT2D eigenvalue weighted by Crippen LogP contribution is 2.39. The molecule has 0 aliphatic carbocycles. The summed E-state index contributed by atoms with van der Waals surface area (Å²) in [5.74, 6) is 0.102. The number of nitrogens with zero attached hydrogens (tertiary/aromatic N) is 3. The van der Waals surface area contributed by atoms with Gasteiger partial charge in [0.15, 0.2) is 5.17 Å². The van der Waals surface area contributed by atoms with Crippen LogP contribution in [0, 0.1) is 0 Å². The van der Waals surface area contributed by atoms with Crippen molar-refractivity contribution in [2.75, 3.05) is 12.4 Å². The Labute approximate surface area is 218 Å². The molecule has 9 heteroatoms. The number of halogens is 1. The lowest BCUT2D eigenvalue weighted by molar-refractivity contribution is -0.121. The molecule has 1 N–H and O–H groups in total. The molecule has 2 aliphatic heterocycles. The number of ether oxygens (including phenoxy) is 1. The standard InChI is InChI=1S/C27H23ClN4O3S/c1-35-19-11-7-10-18(14-19)22-15-23(17-8-3-2-4-9-17)32(31-22)27-30-26(34)24(36-27)16-25(33)29-21-13-6-5-12-20(21)28/h2-14,23-24H,15-16H2,1H3,(H,29,33)/t23-,24+/m1/s1. The second kappa shape index (κ2) is 10.6. The third kappa shape index (κ3) is 5.15. The van der Waals surface area contributed by atoms with Gasteiger partial charge in [0.2, 0.25) is 5.91 Å². The number of nitrogens with one attached hydrogen (secondary N) is 1. The van der Waals surface area contributed by atoms with E-state index in [9.17, 15) is 9.59 Å². The Bertz CT molecular complexity index is 1360. The number of hydrogen-bond donors (Lipinski definition) is 1. The molecule has 3 aromatic rings. The van der Waals surface area contributed by atoms with Crippen LogP contribution in [0.1, 0.15) is 30.0 Å². The molecular weight excluding hydrogens is 496 g/mol. The number of para-hydroxylation sites is 1. The van der Waals surface area contributed by atoms with Crippen LogP contribution in [0.2, 0.25) is 5.02 Å². The van der Waals surface area contributed by atoms with E-state index in [0.29, 0.717) is 22.3 Å². The molecule has 3 aromatic carbocycles. The molecule has 2 amide bonds. The number of methoxy groups -OCH3 is 1.